The van der Waals surface area contributed by atoms with Crippen LogP contribution in [-0.4, -0.2) is 23.5 Å². The molecule has 27 heavy (non-hydrogen) atoms. The van der Waals surface area contributed by atoms with Crippen LogP contribution in [0, 0.1) is 6.92 Å². The minimum Gasteiger partial charge on any atom is -0.378 e. The fourth-order valence-corrected chi connectivity index (χ4v) is 3.04. The molecule has 0 amide bonds. The minimum absolute atomic E-state index is 0.742. The van der Waals surface area contributed by atoms with Gasteiger partial charge in [-0.1, -0.05) is 36.4 Å². The van der Waals surface area contributed by atoms with Crippen molar-refractivity contribution in [2.24, 2.45) is 10.2 Å². The highest BCUT2D eigenvalue weighted by Gasteiger charge is 2.15. The largest absolute Gasteiger partial charge is 0.378 e. The number of hydrogen-bond acceptors (Lipinski definition) is 4. The van der Waals surface area contributed by atoms with Crippen molar-refractivity contribution in [2.75, 3.05) is 19.0 Å². The Morgan fingerprint density at radius 3 is 2.26 bits per heavy atom. The molecule has 2 aromatic carbocycles. The van der Waals surface area contributed by atoms with Crippen LogP contribution in [0.1, 0.15) is 5.69 Å². The van der Waals surface area contributed by atoms with Gasteiger partial charge in [0.1, 0.15) is 11.3 Å². The van der Waals surface area contributed by atoms with E-state index in [-0.39, 0.29) is 0 Å². The van der Waals surface area contributed by atoms with E-state index in [2.05, 4.69) is 15.1 Å². The molecule has 4 aromatic rings. The van der Waals surface area contributed by atoms with Gasteiger partial charge in [-0.2, -0.15) is 0 Å². The molecule has 0 spiro atoms. The lowest BCUT2D eigenvalue weighted by atomic mass is 10.1. The third-order valence-corrected chi connectivity index (χ3v) is 4.49. The number of anilines is 1. The van der Waals surface area contributed by atoms with Gasteiger partial charge >= 0.3 is 0 Å². The van der Waals surface area contributed by atoms with Gasteiger partial charge in [-0.25, -0.2) is 4.98 Å². The fraction of sp³-hybridized carbons (Fsp3) is 0.136. The number of nitrogens with zero attached hydrogens (tertiary/aromatic N) is 5. The summed E-state index contributed by atoms with van der Waals surface area (Å²) < 4.78 is 2.04. The Morgan fingerprint density at radius 1 is 0.815 bits per heavy atom. The highest BCUT2D eigenvalue weighted by Crippen LogP contribution is 2.33. The summed E-state index contributed by atoms with van der Waals surface area (Å²) in [4.78, 5) is 6.85. The molecule has 2 aromatic heterocycles. The Bertz CT molecular complexity index is 1090. The van der Waals surface area contributed by atoms with Crippen LogP contribution >= 0.6 is 0 Å². The van der Waals surface area contributed by atoms with Crippen molar-refractivity contribution in [3.63, 3.8) is 0 Å². The van der Waals surface area contributed by atoms with Crippen LogP contribution in [0.15, 0.2) is 83.0 Å². The van der Waals surface area contributed by atoms with Crippen molar-refractivity contribution >= 4 is 22.8 Å². The average Bonchev–Trinajstić information content (AvgIpc) is 3.07. The van der Waals surface area contributed by atoms with Gasteiger partial charge in [-0.3, -0.25) is 4.40 Å². The summed E-state index contributed by atoms with van der Waals surface area (Å²) in [6, 6.07) is 24.2. The molecule has 0 radical (unpaired) electrons. The molecular weight excluding hydrogens is 334 g/mol. The molecule has 5 nitrogen and oxygen atoms in total. The molecule has 0 saturated carbocycles. The van der Waals surface area contributed by atoms with Crippen LogP contribution in [0.2, 0.25) is 0 Å². The van der Waals surface area contributed by atoms with Crippen LogP contribution in [0.5, 0.6) is 0 Å². The van der Waals surface area contributed by atoms with Gasteiger partial charge < -0.3 is 4.90 Å². The quantitative estimate of drug-likeness (QED) is 0.435. The number of imidazole rings is 1. The molecule has 0 atom stereocenters. The van der Waals surface area contributed by atoms with Crippen LogP contribution < -0.4 is 4.90 Å². The van der Waals surface area contributed by atoms with E-state index in [1.165, 1.54) is 0 Å². The summed E-state index contributed by atoms with van der Waals surface area (Å²) in [5.41, 5.74) is 5.73. The molecule has 0 aliphatic heterocycles. The smallest absolute Gasteiger partial charge is 0.187 e. The number of aromatic nitrogens is 2. The van der Waals surface area contributed by atoms with Crippen molar-refractivity contribution in [3.05, 3.63) is 78.5 Å². The van der Waals surface area contributed by atoms with Crippen LogP contribution in [0.25, 0.3) is 16.9 Å². The molecule has 0 unspecified atom stereocenters. The topological polar surface area (TPSA) is 45.3 Å². The van der Waals surface area contributed by atoms with E-state index in [1.807, 2.05) is 98.2 Å². The maximum Gasteiger partial charge on any atom is 0.187 e. The van der Waals surface area contributed by atoms with E-state index < -0.39 is 0 Å². The zero-order chi connectivity index (χ0) is 18.8. The van der Waals surface area contributed by atoms with Crippen LogP contribution in [0.3, 0.4) is 0 Å². The van der Waals surface area contributed by atoms with Gasteiger partial charge in [0.2, 0.25) is 0 Å². The average molecular weight is 355 g/mol. The summed E-state index contributed by atoms with van der Waals surface area (Å²) in [7, 11) is 4.04. The number of rotatable bonds is 4. The summed E-state index contributed by atoms with van der Waals surface area (Å²) in [5, 5.41) is 9.06. The first-order valence-corrected chi connectivity index (χ1v) is 8.86. The number of benzene rings is 2. The van der Waals surface area contributed by atoms with Gasteiger partial charge in [-0.15, -0.1) is 10.2 Å². The standard InChI is InChI=1S/C22H21N5/c1-16-8-7-11-20-23-21(17-9-5-4-6-10-17)22(27(16)20)25-24-18-12-14-19(15-13-18)26(2)3/h4-15H,1-3H3. The lowest BCUT2D eigenvalue weighted by Gasteiger charge is -2.11. The van der Waals surface area contributed by atoms with Crippen LogP contribution in [-0.2, 0) is 0 Å². The van der Waals surface area contributed by atoms with Gasteiger partial charge in [0.15, 0.2) is 5.82 Å². The maximum atomic E-state index is 4.80. The number of fused-ring (bicyclic) bond motifs is 1. The van der Waals surface area contributed by atoms with Crippen LogP contribution in [0.4, 0.5) is 17.2 Å². The lowest BCUT2D eigenvalue weighted by Crippen LogP contribution is -2.07. The summed E-state index contributed by atoms with van der Waals surface area (Å²) in [5.74, 6) is 0.742. The second-order valence-electron chi connectivity index (χ2n) is 6.62. The Labute approximate surface area is 158 Å². The zero-order valence-electron chi connectivity index (χ0n) is 15.7. The van der Waals surface area contributed by atoms with Gasteiger partial charge in [-0.05, 0) is 43.3 Å². The van der Waals surface area contributed by atoms with E-state index in [0.29, 0.717) is 0 Å². The highest BCUT2D eigenvalue weighted by atomic mass is 15.2. The van der Waals surface area contributed by atoms with Crippen molar-refractivity contribution in [1.82, 2.24) is 9.38 Å². The molecule has 4 rings (SSSR count). The van der Waals surface area contributed by atoms with Crippen molar-refractivity contribution in [3.8, 4) is 11.3 Å². The Morgan fingerprint density at radius 2 is 1.56 bits per heavy atom. The van der Waals surface area contributed by atoms with Crippen molar-refractivity contribution < 1.29 is 0 Å². The molecule has 134 valence electrons. The number of pyridine rings is 1. The van der Waals surface area contributed by atoms with Crippen molar-refractivity contribution in [1.29, 1.82) is 0 Å². The first-order valence-electron chi connectivity index (χ1n) is 8.86. The number of aryl methyl sites for hydroxylation is 1. The molecule has 2 heterocycles. The molecule has 0 aliphatic rings. The SMILES string of the molecule is Cc1cccc2nc(-c3ccccc3)c(N=Nc3ccc(N(C)C)cc3)n12. The first kappa shape index (κ1) is 17.0. The maximum absolute atomic E-state index is 4.80. The predicted molar refractivity (Wildman–Crippen MR) is 110 cm³/mol. The van der Waals surface area contributed by atoms with Gasteiger partial charge in [0.05, 0.1) is 5.69 Å². The molecule has 0 fully saturated rings. The lowest BCUT2D eigenvalue weighted by molar-refractivity contribution is 1.05. The third-order valence-electron chi connectivity index (χ3n) is 4.49. The summed E-state index contributed by atoms with van der Waals surface area (Å²) in [6.45, 7) is 2.05. The van der Waals surface area contributed by atoms with Crippen molar-refractivity contribution in [2.45, 2.75) is 6.92 Å². The van der Waals surface area contributed by atoms with E-state index >= 15 is 0 Å². The van der Waals surface area contributed by atoms with E-state index in [1.54, 1.807) is 0 Å². The molecule has 0 aliphatic carbocycles. The Kier molecular flexibility index (Phi) is 4.42. The fourth-order valence-electron chi connectivity index (χ4n) is 3.04. The van der Waals surface area contributed by atoms with E-state index in [9.17, 15) is 0 Å². The first-order chi connectivity index (χ1) is 13.1. The minimum atomic E-state index is 0.742. The normalized spacial score (nSPS) is 11.4. The Hall–Kier alpha value is -3.47. The van der Waals surface area contributed by atoms with Gasteiger partial charge in [0.25, 0.3) is 0 Å². The molecule has 0 bridgehead atoms. The zero-order valence-corrected chi connectivity index (χ0v) is 15.7. The van der Waals surface area contributed by atoms with Gasteiger partial charge in [0, 0.05) is 31.0 Å². The second-order valence-corrected chi connectivity index (χ2v) is 6.62. The van der Waals surface area contributed by atoms with E-state index in [4.69, 9.17) is 4.98 Å². The second kappa shape index (κ2) is 7.03. The molecule has 5 heteroatoms. The molecular formula is C22H21N5. The molecule has 0 saturated heterocycles. The highest BCUT2D eigenvalue weighted by molar-refractivity contribution is 5.74. The number of hydrogen-bond donors (Lipinski definition) is 0. The predicted octanol–water partition coefficient (Wildman–Crippen LogP) is 5.79. The monoisotopic (exact) mass is 355 g/mol. The summed E-state index contributed by atoms with van der Waals surface area (Å²) >= 11 is 0. The third kappa shape index (κ3) is 3.31. The Balaban J connectivity index is 1.82. The number of azo groups is 1. The molecule has 0 N–H and O–H groups in total. The summed E-state index contributed by atoms with van der Waals surface area (Å²) in [6.07, 6.45) is 0. The van der Waals surface area contributed by atoms with E-state index in [0.717, 1.165) is 39.8 Å².